The summed E-state index contributed by atoms with van der Waals surface area (Å²) in [5, 5.41) is 8.66. The minimum atomic E-state index is -0.392. The van der Waals surface area contributed by atoms with Gasteiger partial charge < -0.3 is 14.2 Å². The third kappa shape index (κ3) is 2.97. The largest absolute Gasteiger partial charge is 0.493 e. The van der Waals surface area contributed by atoms with Crippen molar-refractivity contribution >= 4 is 5.78 Å². The van der Waals surface area contributed by atoms with Gasteiger partial charge in [-0.3, -0.25) is 4.79 Å². The lowest BCUT2D eigenvalue weighted by atomic mass is 9.96. The maximum absolute atomic E-state index is 12.3. The van der Waals surface area contributed by atoms with Crippen LogP contribution in [0.3, 0.4) is 0 Å². The maximum atomic E-state index is 12.3. The molecule has 0 aliphatic rings. The number of hydrogen-bond donors (Lipinski definition) is 0. The molecule has 0 bridgehead atoms. The summed E-state index contributed by atoms with van der Waals surface area (Å²) in [6, 6.07) is 5.26. The van der Waals surface area contributed by atoms with Gasteiger partial charge in [-0.15, -0.1) is 0 Å². The van der Waals surface area contributed by atoms with Crippen molar-refractivity contribution < 1.29 is 19.0 Å². The Morgan fingerprint density at radius 1 is 1.21 bits per heavy atom. The zero-order valence-corrected chi connectivity index (χ0v) is 11.5. The molecular weight excluding hydrogens is 246 g/mol. The predicted octanol–water partition coefficient (Wildman–Crippen LogP) is 2.44. The molecule has 1 atom stereocenters. The van der Waals surface area contributed by atoms with E-state index in [1.54, 1.807) is 19.1 Å². The fourth-order valence-electron chi connectivity index (χ4n) is 1.79. The van der Waals surface area contributed by atoms with Crippen LogP contribution in [0.25, 0.3) is 0 Å². The SMILES string of the molecule is COc1ccc(C(=O)C(C)CC#N)c(OC)c1OC. The lowest BCUT2D eigenvalue weighted by Crippen LogP contribution is -2.12. The van der Waals surface area contributed by atoms with E-state index in [1.807, 2.05) is 6.07 Å². The highest BCUT2D eigenvalue weighted by molar-refractivity contribution is 6.01. The monoisotopic (exact) mass is 263 g/mol. The molecule has 0 radical (unpaired) electrons. The van der Waals surface area contributed by atoms with Gasteiger partial charge in [-0.2, -0.15) is 5.26 Å². The van der Waals surface area contributed by atoms with Crippen LogP contribution in [0.15, 0.2) is 12.1 Å². The highest BCUT2D eigenvalue weighted by Gasteiger charge is 2.23. The van der Waals surface area contributed by atoms with Crippen molar-refractivity contribution in [2.45, 2.75) is 13.3 Å². The van der Waals surface area contributed by atoms with Crippen molar-refractivity contribution in [2.75, 3.05) is 21.3 Å². The van der Waals surface area contributed by atoms with Gasteiger partial charge in [0.2, 0.25) is 5.75 Å². The molecule has 0 saturated heterocycles. The second-order valence-corrected chi connectivity index (χ2v) is 4.01. The van der Waals surface area contributed by atoms with E-state index in [4.69, 9.17) is 19.5 Å². The van der Waals surface area contributed by atoms with Gasteiger partial charge in [-0.05, 0) is 12.1 Å². The Morgan fingerprint density at radius 2 is 1.84 bits per heavy atom. The molecule has 0 saturated carbocycles. The average Bonchev–Trinajstić information content (AvgIpc) is 2.44. The first-order valence-electron chi connectivity index (χ1n) is 5.80. The summed E-state index contributed by atoms with van der Waals surface area (Å²) in [6.45, 7) is 1.71. The lowest BCUT2D eigenvalue weighted by Gasteiger charge is -2.16. The number of carbonyl (C=O) groups excluding carboxylic acids is 1. The molecule has 5 nitrogen and oxygen atoms in total. The Hall–Kier alpha value is -2.22. The van der Waals surface area contributed by atoms with Crippen LogP contribution in [0.5, 0.6) is 17.2 Å². The topological polar surface area (TPSA) is 68.6 Å². The fraction of sp³-hybridized carbons (Fsp3) is 0.429. The van der Waals surface area contributed by atoms with Crippen LogP contribution >= 0.6 is 0 Å². The molecule has 5 heteroatoms. The number of nitrogens with zero attached hydrogens (tertiary/aromatic N) is 1. The summed E-state index contributed by atoms with van der Waals surface area (Å²) in [5.74, 6) is 0.650. The maximum Gasteiger partial charge on any atom is 0.204 e. The van der Waals surface area contributed by atoms with E-state index in [-0.39, 0.29) is 12.2 Å². The molecule has 0 amide bonds. The summed E-state index contributed by atoms with van der Waals surface area (Å²) >= 11 is 0. The van der Waals surface area contributed by atoms with Gasteiger partial charge in [0, 0.05) is 12.3 Å². The molecule has 102 valence electrons. The summed E-state index contributed by atoms with van der Waals surface area (Å²) in [6.07, 6.45) is 0.163. The normalized spacial score (nSPS) is 11.3. The predicted molar refractivity (Wildman–Crippen MR) is 69.8 cm³/mol. The number of rotatable bonds is 6. The number of ketones is 1. The first-order valence-corrected chi connectivity index (χ1v) is 5.80. The number of ether oxygens (including phenoxy) is 3. The Morgan fingerprint density at radius 3 is 2.32 bits per heavy atom. The number of hydrogen-bond acceptors (Lipinski definition) is 5. The van der Waals surface area contributed by atoms with E-state index in [2.05, 4.69) is 0 Å². The van der Waals surface area contributed by atoms with E-state index in [0.717, 1.165) is 0 Å². The fourth-order valence-corrected chi connectivity index (χ4v) is 1.79. The van der Waals surface area contributed by atoms with Crippen molar-refractivity contribution in [3.63, 3.8) is 0 Å². The van der Waals surface area contributed by atoms with Crippen LogP contribution in [-0.4, -0.2) is 27.1 Å². The minimum Gasteiger partial charge on any atom is -0.493 e. The number of methoxy groups -OCH3 is 3. The van der Waals surface area contributed by atoms with Crippen molar-refractivity contribution in [3.05, 3.63) is 17.7 Å². The molecule has 0 heterocycles. The molecule has 1 aromatic carbocycles. The van der Waals surface area contributed by atoms with Crippen LogP contribution in [0, 0.1) is 17.2 Å². The lowest BCUT2D eigenvalue weighted by molar-refractivity contribution is 0.0928. The molecule has 0 aliphatic carbocycles. The zero-order valence-electron chi connectivity index (χ0n) is 11.5. The van der Waals surface area contributed by atoms with Crippen LogP contribution < -0.4 is 14.2 Å². The first-order chi connectivity index (χ1) is 9.10. The third-order valence-corrected chi connectivity index (χ3v) is 2.81. The Kier molecular flexibility index (Phi) is 5.19. The molecule has 19 heavy (non-hydrogen) atoms. The Bertz CT molecular complexity index is 505. The van der Waals surface area contributed by atoms with Crippen molar-refractivity contribution in [3.8, 4) is 23.3 Å². The quantitative estimate of drug-likeness (QED) is 0.737. The molecule has 1 rings (SSSR count). The molecule has 0 N–H and O–H groups in total. The van der Waals surface area contributed by atoms with E-state index in [9.17, 15) is 4.79 Å². The van der Waals surface area contributed by atoms with Gasteiger partial charge in [-0.25, -0.2) is 0 Å². The van der Waals surface area contributed by atoms with Gasteiger partial charge >= 0.3 is 0 Å². The van der Waals surface area contributed by atoms with Crippen LogP contribution in [0.1, 0.15) is 23.7 Å². The third-order valence-electron chi connectivity index (χ3n) is 2.81. The highest BCUT2D eigenvalue weighted by atomic mass is 16.5. The summed E-state index contributed by atoms with van der Waals surface area (Å²) in [7, 11) is 4.45. The van der Waals surface area contributed by atoms with Gasteiger partial charge in [0.05, 0.1) is 33.0 Å². The van der Waals surface area contributed by atoms with Gasteiger partial charge in [0.25, 0.3) is 0 Å². The van der Waals surface area contributed by atoms with Crippen molar-refractivity contribution in [2.24, 2.45) is 5.92 Å². The summed E-state index contributed by atoms with van der Waals surface area (Å²) in [4.78, 5) is 12.3. The number of nitriles is 1. The van der Waals surface area contributed by atoms with Gasteiger partial charge in [0.15, 0.2) is 17.3 Å². The average molecular weight is 263 g/mol. The minimum absolute atomic E-state index is 0.153. The van der Waals surface area contributed by atoms with E-state index < -0.39 is 5.92 Å². The van der Waals surface area contributed by atoms with Gasteiger partial charge in [-0.1, -0.05) is 6.92 Å². The number of benzene rings is 1. The highest BCUT2D eigenvalue weighted by Crippen LogP contribution is 2.40. The van der Waals surface area contributed by atoms with Gasteiger partial charge in [0.1, 0.15) is 0 Å². The smallest absolute Gasteiger partial charge is 0.204 e. The second kappa shape index (κ2) is 6.64. The number of Topliss-reactive ketones (excluding diaryl/α,β-unsaturated/α-hetero) is 1. The molecule has 0 aromatic heterocycles. The standard InChI is InChI=1S/C14H17NO4/c1-9(7-8-15)12(16)10-5-6-11(17-2)14(19-4)13(10)18-3/h5-6,9H,7H2,1-4H3. The second-order valence-electron chi connectivity index (χ2n) is 4.01. The molecule has 0 fully saturated rings. The summed E-state index contributed by atoms with van der Waals surface area (Å²) in [5.41, 5.74) is 0.392. The molecule has 1 aromatic rings. The Labute approximate surface area is 112 Å². The van der Waals surface area contributed by atoms with E-state index in [1.165, 1.54) is 21.3 Å². The van der Waals surface area contributed by atoms with E-state index in [0.29, 0.717) is 22.8 Å². The van der Waals surface area contributed by atoms with E-state index >= 15 is 0 Å². The van der Waals surface area contributed by atoms with Crippen LogP contribution in [-0.2, 0) is 0 Å². The molecule has 1 unspecified atom stereocenters. The molecule has 0 spiro atoms. The first kappa shape index (κ1) is 14.8. The number of carbonyl (C=O) groups is 1. The molecule has 0 aliphatic heterocycles. The zero-order chi connectivity index (χ0) is 14.4. The van der Waals surface area contributed by atoms with Crippen molar-refractivity contribution in [1.29, 1.82) is 5.26 Å². The van der Waals surface area contributed by atoms with Crippen molar-refractivity contribution in [1.82, 2.24) is 0 Å². The van der Waals surface area contributed by atoms with Crippen LogP contribution in [0.2, 0.25) is 0 Å². The van der Waals surface area contributed by atoms with Crippen LogP contribution in [0.4, 0.5) is 0 Å². The molecular formula is C14H17NO4. The summed E-state index contributed by atoms with van der Waals surface area (Å²) < 4.78 is 15.6. The Balaban J connectivity index is 3.29.